The quantitative estimate of drug-likeness (QED) is 0.586. The lowest BCUT2D eigenvalue weighted by Crippen LogP contribution is -2.39. The maximum absolute atomic E-state index is 11.3. The van der Waals surface area contributed by atoms with Crippen LogP contribution in [0.1, 0.15) is 12.5 Å². The van der Waals surface area contributed by atoms with E-state index in [0.29, 0.717) is 6.54 Å². The van der Waals surface area contributed by atoms with Gasteiger partial charge in [-0.3, -0.25) is 19.9 Å². The van der Waals surface area contributed by atoms with Crippen LogP contribution in [0.3, 0.4) is 0 Å². The molecule has 0 heterocycles. The molecule has 1 rings (SSSR count). The molecule has 1 aromatic carbocycles. The Bertz CT molecular complexity index is 414. The number of hydrazine groups is 1. The van der Waals surface area contributed by atoms with E-state index in [2.05, 4.69) is 0 Å². The zero-order valence-electron chi connectivity index (χ0n) is 10.1. The molecule has 0 aliphatic carbocycles. The van der Waals surface area contributed by atoms with Gasteiger partial charge < -0.3 is 0 Å². The van der Waals surface area contributed by atoms with Gasteiger partial charge in [-0.1, -0.05) is 12.1 Å². The third-order valence-corrected chi connectivity index (χ3v) is 2.33. The maximum atomic E-state index is 11.3. The number of amides is 1. The summed E-state index contributed by atoms with van der Waals surface area (Å²) in [7, 11) is 3.54. The second-order valence-electron chi connectivity index (χ2n) is 3.85. The van der Waals surface area contributed by atoms with Gasteiger partial charge in [-0.2, -0.15) is 0 Å². The first-order valence-corrected chi connectivity index (χ1v) is 5.10. The second-order valence-corrected chi connectivity index (χ2v) is 3.85. The van der Waals surface area contributed by atoms with Crippen LogP contribution < -0.4 is 0 Å². The fourth-order valence-electron chi connectivity index (χ4n) is 1.43. The SMILES string of the molecule is CC(=O)N(Cc1ccc([N+](=O)[O-])cc1)N(C)C. The molecular weight excluding hydrogens is 222 g/mol. The number of nitrogens with zero attached hydrogens (tertiary/aromatic N) is 3. The van der Waals surface area contributed by atoms with Gasteiger partial charge in [0.15, 0.2) is 0 Å². The molecule has 0 N–H and O–H groups in total. The van der Waals surface area contributed by atoms with Gasteiger partial charge in [-0.25, -0.2) is 5.01 Å². The predicted octanol–water partition coefficient (Wildman–Crippen LogP) is 1.42. The molecule has 0 bridgehead atoms. The van der Waals surface area contributed by atoms with Crippen molar-refractivity contribution < 1.29 is 9.72 Å². The fraction of sp³-hybridized carbons (Fsp3) is 0.364. The smallest absolute Gasteiger partial charge is 0.269 e. The van der Waals surface area contributed by atoms with Crippen molar-refractivity contribution in [2.75, 3.05) is 14.1 Å². The van der Waals surface area contributed by atoms with Crippen molar-refractivity contribution >= 4 is 11.6 Å². The molecule has 0 saturated carbocycles. The number of nitro benzene ring substituents is 1. The molecule has 0 aliphatic rings. The van der Waals surface area contributed by atoms with Gasteiger partial charge in [0, 0.05) is 33.2 Å². The summed E-state index contributed by atoms with van der Waals surface area (Å²) < 4.78 is 0. The number of rotatable bonds is 4. The van der Waals surface area contributed by atoms with E-state index in [-0.39, 0.29) is 11.6 Å². The standard InChI is InChI=1S/C11H15N3O3/c1-9(15)13(12(2)3)8-10-4-6-11(7-5-10)14(16)17/h4-7H,8H2,1-3H3. The summed E-state index contributed by atoms with van der Waals surface area (Å²) in [6.45, 7) is 1.88. The fourth-order valence-corrected chi connectivity index (χ4v) is 1.43. The minimum absolute atomic E-state index is 0.0491. The van der Waals surface area contributed by atoms with E-state index in [1.54, 1.807) is 36.2 Å². The number of hydrogen-bond acceptors (Lipinski definition) is 4. The Labute approximate surface area is 99.6 Å². The summed E-state index contributed by atoms with van der Waals surface area (Å²) in [5, 5.41) is 13.7. The van der Waals surface area contributed by atoms with E-state index >= 15 is 0 Å². The first kappa shape index (κ1) is 13.1. The number of nitro groups is 1. The van der Waals surface area contributed by atoms with Gasteiger partial charge in [0.25, 0.3) is 5.69 Å². The highest BCUT2D eigenvalue weighted by Crippen LogP contribution is 2.13. The molecule has 92 valence electrons. The maximum Gasteiger partial charge on any atom is 0.269 e. The van der Waals surface area contributed by atoms with Crippen LogP contribution >= 0.6 is 0 Å². The highest BCUT2D eigenvalue weighted by molar-refractivity contribution is 5.72. The Morgan fingerprint density at radius 1 is 1.29 bits per heavy atom. The molecule has 0 fully saturated rings. The van der Waals surface area contributed by atoms with Crippen molar-refractivity contribution in [2.24, 2.45) is 0 Å². The van der Waals surface area contributed by atoms with E-state index < -0.39 is 4.92 Å². The lowest BCUT2D eigenvalue weighted by atomic mass is 10.2. The van der Waals surface area contributed by atoms with Gasteiger partial charge in [-0.15, -0.1) is 0 Å². The van der Waals surface area contributed by atoms with E-state index in [0.717, 1.165) is 5.56 Å². The summed E-state index contributed by atoms with van der Waals surface area (Å²) in [6.07, 6.45) is 0. The molecule has 0 aliphatic heterocycles. The third-order valence-electron chi connectivity index (χ3n) is 2.33. The number of hydrogen-bond donors (Lipinski definition) is 0. The predicted molar refractivity (Wildman–Crippen MR) is 63.0 cm³/mol. The Morgan fingerprint density at radius 3 is 2.18 bits per heavy atom. The Hall–Kier alpha value is -1.95. The number of carbonyl (C=O) groups is 1. The molecule has 0 aromatic heterocycles. The summed E-state index contributed by atoms with van der Waals surface area (Å²) in [4.78, 5) is 21.4. The van der Waals surface area contributed by atoms with Crippen molar-refractivity contribution in [1.29, 1.82) is 0 Å². The highest BCUT2D eigenvalue weighted by atomic mass is 16.6. The molecule has 0 saturated heterocycles. The van der Waals surface area contributed by atoms with Gasteiger partial charge in [0.1, 0.15) is 0 Å². The van der Waals surface area contributed by atoms with Gasteiger partial charge in [-0.05, 0) is 5.56 Å². The highest BCUT2D eigenvalue weighted by Gasteiger charge is 2.12. The lowest BCUT2D eigenvalue weighted by molar-refractivity contribution is -0.384. The van der Waals surface area contributed by atoms with Crippen molar-refractivity contribution in [3.63, 3.8) is 0 Å². The van der Waals surface area contributed by atoms with Crippen LogP contribution in [0.25, 0.3) is 0 Å². The van der Waals surface area contributed by atoms with Gasteiger partial charge in [0.05, 0.1) is 11.5 Å². The van der Waals surface area contributed by atoms with Crippen molar-refractivity contribution in [3.05, 3.63) is 39.9 Å². The third kappa shape index (κ3) is 3.53. The van der Waals surface area contributed by atoms with Gasteiger partial charge in [0.2, 0.25) is 5.91 Å². The molecule has 0 spiro atoms. The van der Waals surface area contributed by atoms with Crippen LogP contribution in [-0.4, -0.2) is 34.9 Å². The summed E-state index contributed by atoms with van der Waals surface area (Å²) in [5.41, 5.74) is 0.896. The van der Waals surface area contributed by atoms with Crippen LogP contribution in [0.4, 0.5) is 5.69 Å². The topological polar surface area (TPSA) is 66.7 Å². The van der Waals surface area contributed by atoms with Crippen molar-refractivity contribution in [1.82, 2.24) is 10.0 Å². The average Bonchev–Trinajstić information content (AvgIpc) is 2.25. The molecule has 6 nitrogen and oxygen atoms in total. The van der Waals surface area contributed by atoms with E-state index in [9.17, 15) is 14.9 Å². The summed E-state index contributed by atoms with van der Waals surface area (Å²) in [5.74, 6) is -0.0756. The Balaban J connectivity index is 2.80. The summed E-state index contributed by atoms with van der Waals surface area (Å²) >= 11 is 0. The second kappa shape index (κ2) is 5.40. The van der Waals surface area contributed by atoms with Crippen molar-refractivity contribution in [2.45, 2.75) is 13.5 Å². The zero-order valence-corrected chi connectivity index (χ0v) is 10.1. The normalized spacial score (nSPS) is 10.4. The molecule has 0 radical (unpaired) electrons. The molecule has 0 atom stereocenters. The number of carbonyl (C=O) groups excluding carboxylic acids is 1. The minimum atomic E-state index is -0.446. The van der Waals surface area contributed by atoms with Crippen LogP contribution in [-0.2, 0) is 11.3 Å². The first-order chi connectivity index (χ1) is 7.91. The minimum Gasteiger partial charge on any atom is -0.274 e. The Kier molecular flexibility index (Phi) is 4.17. The number of non-ortho nitro benzene ring substituents is 1. The molecule has 0 unspecified atom stereocenters. The molecule has 1 amide bonds. The largest absolute Gasteiger partial charge is 0.274 e. The summed E-state index contributed by atoms with van der Waals surface area (Å²) in [6, 6.07) is 6.17. The van der Waals surface area contributed by atoms with E-state index in [1.165, 1.54) is 19.1 Å². The van der Waals surface area contributed by atoms with E-state index in [4.69, 9.17) is 0 Å². The van der Waals surface area contributed by atoms with Crippen LogP contribution in [0, 0.1) is 10.1 Å². The molecule has 17 heavy (non-hydrogen) atoms. The molecule has 6 heteroatoms. The lowest BCUT2D eigenvalue weighted by Gasteiger charge is -2.27. The van der Waals surface area contributed by atoms with Crippen LogP contribution in [0.5, 0.6) is 0 Å². The molecule has 1 aromatic rings. The molecular formula is C11H15N3O3. The zero-order chi connectivity index (χ0) is 13.0. The first-order valence-electron chi connectivity index (χ1n) is 5.10. The van der Waals surface area contributed by atoms with Crippen LogP contribution in [0.2, 0.25) is 0 Å². The monoisotopic (exact) mass is 237 g/mol. The number of benzene rings is 1. The average molecular weight is 237 g/mol. The van der Waals surface area contributed by atoms with Crippen molar-refractivity contribution in [3.8, 4) is 0 Å². The van der Waals surface area contributed by atoms with Crippen LogP contribution in [0.15, 0.2) is 24.3 Å². The van der Waals surface area contributed by atoms with E-state index in [1.807, 2.05) is 0 Å². The van der Waals surface area contributed by atoms with Gasteiger partial charge >= 0.3 is 0 Å². The Morgan fingerprint density at radius 2 is 1.82 bits per heavy atom.